The van der Waals surface area contributed by atoms with E-state index in [2.05, 4.69) is 59.2 Å². The first-order valence-electron chi connectivity index (χ1n) is 7.76. The van der Waals surface area contributed by atoms with E-state index in [9.17, 15) is 0 Å². The first-order chi connectivity index (χ1) is 9.10. The Hall–Kier alpha value is -0.410. The van der Waals surface area contributed by atoms with E-state index in [-0.39, 0.29) is 5.41 Å². The van der Waals surface area contributed by atoms with Crippen LogP contribution in [0.5, 0.6) is 0 Å². The molecule has 20 heavy (non-hydrogen) atoms. The third-order valence-corrected chi connectivity index (χ3v) is 4.33. The summed E-state index contributed by atoms with van der Waals surface area (Å²) in [6.07, 6.45) is 2.28. The molecule has 1 heterocycles. The molecule has 0 aliphatic carbocycles. The molecule has 2 nitrogen and oxygen atoms in total. The molecule has 1 N–H and O–H groups in total. The molecule has 0 aliphatic heterocycles. The third kappa shape index (κ3) is 6.36. The normalized spacial score (nSPS) is 13.2. The van der Waals surface area contributed by atoms with Crippen molar-refractivity contribution in [2.75, 3.05) is 13.1 Å². The molecule has 0 saturated heterocycles. The van der Waals surface area contributed by atoms with E-state index in [1.807, 2.05) is 11.3 Å². The highest BCUT2D eigenvalue weighted by Crippen LogP contribution is 2.30. The second-order valence-electron chi connectivity index (χ2n) is 8.07. The number of nitrogens with one attached hydrogen (secondary N) is 1. The van der Waals surface area contributed by atoms with Gasteiger partial charge in [-0.1, -0.05) is 48.5 Å². The number of nitrogens with zero attached hydrogens (tertiary/aromatic N) is 1. The predicted molar refractivity (Wildman–Crippen MR) is 90.6 cm³/mol. The van der Waals surface area contributed by atoms with E-state index in [1.165, 1.54) is 17.1 Å². The summed E-state index contributed by atoms with van der Waals surface area (Å²) in [6.45, 7) is 18.1. The van der Waals surface area contributed by atoms with Crippen LogP contribution in [0.25, 0.3) is 0 Å². The van der Waals surface area contributed by atoms with Crippen molar-refractivity contribution in [1.82, 2.24) is 10.3 Å². The minimum atomic E-state index is 0.164. The maximum Gasteiger partial charge on any atom is 0.0933 e. The summed E-state index contributed by atoms with van der Waals surface area (Å²) in [6, 6.07) is 0. The van der Waals surface area contributed by atoms with Crippen LogP contribution >= 0.6 is 11.3 Å². The highest BCUT2D eigenvalue weighted by molar-refractivity contribution is 7.09. The minimum Gasteiger partial charge on any atom is -0.316 e. The molecule has 3 heteroatoms. The zero-order chi connectivity index (χ0) is 15.4. The van der Waals surface area contributed by atoms with Crippen LogP contribution in [0.3, 0.4) is 0 Å². The largest absolute Gasteiger partial charge is 0.316 e. The van der Waals surface area contributed by atoms with Crippen molar-refractivity contribution < 1.29 is 0 Å². The zero-order valence-corrected chi connectivity index (χ0v) is 15.2. The van der Waals surface area contributed by atoms with Gasteiger partial charge >= 0.3 is 0 Å². The Balaban J connectivity index is 2.47. The first kappa shape index (κ1) is 17.6. The lowest BCUT2D eigenvalue weighted by Gasteiger charge is -2.24. The van der Waals surface area contributed by atoms with Crippen molar-refractivity contribution in [1.29, 1.82) is 0 Å². The van der Waals surface area contributed by atoms with Crippen molar-refractivity contribution in [3.05, 3.63) is 16.1 Å². The summed E-state index contributed by atoms with van der Waals surface area (Å²) in [5.74, 6) is 0.728. The second-order valence-corrected chi connectivity index (χ2v) is 9.01. The molecule has 1 aromatic rings. The lowest BCUT2D eigenvalue weighted by atomic mass is 9.86. The smallest absolute Gasteiger partial charge is 0.0933 e. The van der Waals surface area contributed by atoms with Crippen LogP contribution in [0.15, 0.2) is 5.38 Å². The maximum absolute atomic E-state index is 4.82. The van der Waals surface area contributed by atoms with Crippen LogP contribution in [-0.2, 0) is 11.8 Å². The van der Waals surface area contributed by atoms with Gasteiger partial charge in [-0.3, -0.25) is 0 Å². The molecular weight excluding hydrogens is 264 g/mol. The van der Waals surface area contributed by atoms with Crippen molar-refractivity contribution in [2.45, 2.75) is 66.7 Å². The summed E-state index contributed by atoms with van der Waals surface area (Å²) in [5, 5.41) is 7.05. The molecule has 1 rings (SSSR count). The highest BCUT2D eigenvalue weighted by Gasteiger charge is 2.22. The van der Waals surface area contributed by atoms with Crippen molar-refractivity contribution in [2.24, 2.45) is 11.3 Å². The number of hydrogen-bond donors (Lipinski definition) is 1. The Morgan fingerprint density at radius 1 is 1.20 bits per heavy atom. The monoisotopic (exact) mass is 296 g/mol. The lowest BCUT2D eigenvalue weighted by Crippen LogP contribution is -2.26. The fraction of sp³-hybridized carbons (Fsp3) is 0.824. The van der Waals surface area contributed by atoms with Gasteiger partial charge in [0, 0.05) is 17.2 Å². The summed E-state index contributed by atoms with van der Waals surface area (Å²) < 4.78 is 0. The van der Waals surface area contributed by atoms with Gasteiger partial charge in [0.05, 0.1) is 10.7 Å². The average molecular weight is 297 g/mol. The van der Waals surface area contributed by atoms with E-state index in [0.29, 0.717) is 5.41 Å². The molecule has 0 saturated carbocycles. The molecule has 0 fully saturated rings. The van der Waals surface area contributed by atoms with Gasteiger partial charge in [0.25, 0.3) is 0 Å². The predicted octanol–water partition coefficient (Wildman–Crippen LogP) is 4.65. The van der Waals surface area contributed by atoms with Crippen LogP contribution in [0, 0.1) is 11.3 Å². The Labute approximate surface area is 129 Å². The Bertz CT molecular complexity index is 399. The summed E-state index contributed by atoms with van der Waals surface area (Å²) in [5.41, 5.74) is 1.71. The molecular formula is C17H32N2S. The summed E-state index contributed by atoms with van der Waals surface area (Å²) in [7, 11) is 0. The number of thiazole rings is 1. The molecule has 0 atom stereocenters. The lowest BCUT2D eigenvalue weighted by molar-refractivity contribution is 0.321. The van der Waals surface area contributed by atoms with E-state index in [1.54, 1.807) is 0 Å². The topological polar surface area (TPSA) is 24.9 Å². The molecule has 0 bridgehead atoms. The standard InChI is InChI=1S/C17H32N2S/c1-13(2)11-18-9-8-17(6,7)10-15-19-14(12-20-15)16(3,4)5/h12-13,18H,8-11H2,1-7H3. The Morgan fingerprint density at radius 3 is 2.35 bits per heavy atom. The minimum absolute atomic E-state index is 0.164. The fourth-order valence-electron chi connectivity index (χ4n) is 2.05. The van der Waals surface area contributed by atoms with Gasteiger partial charge in [0.1, 0.15) is 0 Å². The van der Waals surface area contributed by atoms with Crippen LogP contribution in [-0.4, -0.2) is 18.1 Å². The van der Waals surface area contributed by atoms with Crippen molar-refractivity contribution in [3.63, 3.8) is 0 Å². The molecule has 0 unspecified atom stereocenters. The van der Waals surface area contributed by atoms with E-state index in [4.69, 9.17) is 4.98 Å². The molecule has 1 aromatic heterocycles. The van der Waals surface area contributed by atoms with Gasteiger partial charge in [0.15, 0.2) is 0 Å². The number of aromatic nitrogens is 1. The van der Waals surface area contributed by atoms with E-state index >= 15 is 0 Å². The molecule has 116 valence electrons. The van der Waals surface area contributed by atoms with Gasteiger partial charge in [-0.2, -0.15) is 0 Å². The van der Waals surface area contributed by atoms with Crippen LogP contribution in [0.2, 0.25) is 0 Å². The van der Waals surface area contributed by atoms with Crippen LogP contribution in [0.1, 0.15) is 65.6 Å². The van der Waals surface area contributed by atoms with Gasteiger partial charge in [0.2, 0.25) is 0 Å². The number of rotatable bonds is 7. The van der Waals surface area contributed by atoms with Gasteiger partial charge < -0.3 is 5.32 Å². The van der Waals surface area contributed by atoms with Crippen LogP contribution in [0.4, 0.5) is 0 Å². The van der Waals surface area contributed by atoms with Gasteiger partial charge in [-0.15, -0.1) is 11.3 Å². The second kappa shape index (κ2) is 7.04. The quantitative estimate of drug-likeness (QED) is 0.741. The Morgan fingerprint density at radius 2 is 1.85 bits per heavy atom. The number of hydrogen-bond acceptors (Lipinski definition) is 3. The van der Waals surface area contributed by atoms with Gasteiger partial charge in [-0.05, 0) is 30.8 Å². The zero-order valence-electron chi connectivity index (χ0n) is 14.3. The summed E-state index contributed by atoms with van der Waals surface area (Å²) in [4.78, 5) is 4.82. The highest BCUT2D eigenvalue weighted by atomic mass is 32.1. The average Bonchev–Trinajstić information content (AvgIpc) is 2.71. The van der Waals surface area contributed by atoms with Crippen molar-refractivity contribution >= 4 is 11.3 Å². The van der Waals surface area contributed by atoms with Crippen LogP contribution < -0.4 is 5.32 Å². The van der Waals surface area contributed by atoms with Crippen molar-refractivity contribution in [3.8, 4) is 0 Å². The summed E-state index contributed by atoms with van der Waals surface area (Å²) >= 11 is 1.82. The first-order valence-corrected chi connectivity index (χ1v) is 8.64. The molecule has 0 spiro atoms. The molecule has 0 aliphatic rings. The molecule has 0 radical (unpaired) electrons. The molecule has 0 amide bonds. The van der Waals surface area contributed by atoms with E-state index < -0.39 is 0 Å². The maximum atomic E-state index is 4.82. The third-order valence-electron chi connectivity index (χ3n) is 3.48. The van der Waals surface area contributed by atoms with Gasteiger partial charge in [-0.25, -0.2) is 4.98 Å². The molecule has 0 aromatic carbocycles. The van der Waals surface area contributed by atoms with E-state index in [0.717, 1.165) is 25.4 Å². The SMILES string of the molecule is CC(C)CNCCC(C)(C)Cc1nc(C(C)(C)C)cs1. The Kier molecular flexibility index (Phi) is 6.21. The fourth-order valence-corrected chi connectivity index (χ4v) is 3.33.